The van der Waals surface area contributed by atoms with Crippen molar-refractivity contribution in [1.29, 1.82) is 0 Å². The quantitative estimate of drug-likeness (QED) is 0.804. The van der Waals surface area contributed by atoms with Crippen LogP contribution in [0.2, 0.25) is 0 Å². The van der Waals surface area contributed by atoms with Crippen molar-refractivity contribution in [1.82, 2.24) is 9.38 Å². The van der Waals surface area contributed by atoms with Crippen molar-refractivity contribution in [3.05, 3.63) is 30.7 Å². The van der Waals surface area contributed by atoms with Gasteiger partial charge in [-0.3, -0.25) is 0 Å². The molecule has 3 aliphatic carbocycles. The summed E-state index contributed by atoms with van der Waals surface area (Å²) in [7, 11) is 0. The fourth-order valence-corrected chi connectivity index (χ4v) is 2.92. The van der Waals surface area contributed by atoms with E-state index in [9.17, 15) is 0 Å². The maximum atomic E-state index is 4.44. The molecular weight excluding hydrogens is 186 g/mol. The minimum absolute atomic E-state index is 0.412. The van der Waals surface area contributed by atoms with Gasteiger partial charge in [0.05, 0.1) is 5.52 Å². The van der Waals surface area contributed by atoms with Crippen molar-refractivity contribution in [3.63, 3.8) is 0 Å². The lowest BCUT2D eigenvalue weighted by atomic mass is 9.50. The molecule has 0 aliphatic heterocycles. The van der Waals surface area contributed by atoms with E-state index in [1.165, 1.54) is 24.8 Å². The molecule has 0 radical (unpaired) electrons. The number of anilines is 1. The number of pyridine rings is 1. The normalized spacial score (nSPS) is 32.1. The van der Waals surface area contributed by atoms with Gasteiger partial charge in [0.2, 0.25) is 0 Å². The molecule has 0 spiro atoms. The number of nitrogens with zero attached hydrogens (tertiary/aromatic N) is 2. The molecule has 3 fully saturated rings. The van der Waals surface area contributed by atoms with Crippen molar-refractivity contribution >= 4 is 11.3 Å². The molecule has 2 aromatic rings. The highest BCUT2D eigenvalue weighted by molar-refractivity contribution is 5.69. The highest BCUT2D eigenvalue weighted by atomic mass is 15.2. The van der Waals surface area contributed by atoms with E-state index in [2.05, 4.69) is 26.8 Å². The summed E-state index contributed by atoms with van der Waals surface area (Å²) in [6, 6.07) is 6.20. The molecule has 2 bridgehead atoms. The van der Waals surface area contributed by atoms with Crippen LogP contribution in [0.3, 0.4) is 0 Å². The Morgan fingerprint density at radius 1 is 1.33 bits per heavy atom. The number of hydrogen-bond donors (Lipinski definition) is 1. The average molecular weight is 199 g/mol. The van der Waals surface area contributed by atoms with Crippen LogP contribution in [-0.4, -0.2) is 14.9 Å². The number of rotatable bonds is 2. The summed E-state index contributed by atoms with van der Waals surface area (Å²) in [5.41, 5.74) is 1.59. The third-order valence-electron chi connectivity index (χ3n) is 3.87. The number of nitrogens with one attached hydrogen (secondary N) is 1. The summed E-state index contributed by atoms with van der Waals surface area (Å²) in [6.07, 6.45) is 7.95. The van der Waals surface area contributed by atoms with Crippen molar-refractivity contribution in [2.24, 2.45) is 5.92 Å². The third kappa shape index (κ3) is 0.928. The molecule has 5 rings (SSSR count). The second-order valence-corrected chi connectivity index (χ2v) is 4.97. The maximum absolute atomic E-state index is 4.44. The minimum Gasteiger partial charge on any atom is -0.363 e. The Labute approximate surface area is 88.1 Å². The Morgan fingerprint density at radius 3 is 2.93 bits per heavy atom. The summed E-state index contributed by atoms with van der Waals surface area (Å²) in [5, 5.41) is 3.61. The Bertz CT molecular complexity index is 511. The van der Waals surface area contributed by atoms with E-state index in [1.807, 2.05) is 18.6 Å². The Kier molecular flexibility index (Phi) is 1.21. The van der Waals surface area contributed by atoms with Gasteiger partial charge in [-0.25, -0.2) is 4.98 Å². The molecule has 1 N–H and O–H groups in total. The fraction of sp³-hybridized carbons (Fsp3) is 0.417. The van der Waals surface area contributed by atoms with Gasteiger partial charge in [-0.1, -0.05) is 6.07 Å². The van der Waals surface area contributed by atoms with Crippen LogP contribution in [0.1, 0.15) is 19.3 Å². The molecular formula is C12H13N3. The molecule has 15 heavy (non-hydrogen) atoms. The first-order valence-corrected chi connectivity index (χ1v) is 5.55. The lowest BCUT2D eigenvalue weighted by Crippen LogP contribution is -2.63. The summed E-state index contributed by atoms with van der Waals surface area (Å²) >= 11 is 0. The van der Waals surface area contributed by atoms with Gasteiger partial charge < -0.3 is 9.72 Å². The minimum atomic E-state index is 0.412. The lowest BCUT2D eigenvalue weighted by molar-refractivity contribution is 0.00195. The molecule has 0 atom stereocenters. The van der Waals surface area contributed by atoms with Gasteiger partial charge in [-0.15, -0.1) is 0 Å². The van der Waals surface area contributed by atoms with E-state index < -0.39 is 0 Å². The molecule has 0 unspecified atom stereocenters. The number of fused-ring (bicyclic) bond motifs is 1. The topological polar surface area (TPSA) is 29.3 Å². The molecule has 3 saturated carbocycles. The largest absolute Gasteiger partial charge is 0.363 e. The standard InChI is InChI=1S/C12H13N3/c1-2-4-15-8-13-11(10(15)3-1)14-12-5-9(6-12)7-12/h1-4,8-9,14H,5-7H2. The van der Waals surface area contributed by atoms with Gasteiger partial charge in [0.25, 0.3) is 0 Å². The Hall–Kier alpha value is -1.51. The first kappa shape index (κ1) is 7.74. The zero-order chi connectivity index (χ0) is 9.88. The van der Waals surface area contributed by atoms with E-state index in [4.69, 9.17) is 0 Å². The average Bonchev–Trinajstić information content (AvgIpc) is 2.53. The molecule has 2 heterocycles. The molecule has 3 nitrogen and oxygen atoms in total. The van der Waals surface area contributed by atoms with Crippen molar-refractivity contribution in [2.45, 2.75) is 24.8 Å². The van der Waals surface area contributed by atoms with Crippen molar-refractivity contribution in [3.8, 4) is 0 Å². The summed E-state index contributed by atoms with van der Waals surface area (Å²) < 4.78 is 2.06. The Balaban J connectivity index is 1.74. The molecule has 2 aromatic heterocycles. The third-order valence-corrected chi connectivity index (χ3v) is 3.87. The summed E-state index contributed by atoms with van der Waals surface area (Å²) in [6.45, 7) is 0. The van der Waals surface area contributed by atoms with Gasteiger partial charge in [0, 0.05) is 11.7 Å². The van der Waals surface area contributed by atoms with E-state index in [0.29, 0.717) is 5.54 Å². The fourth-order valence-electron chi connectivity index (χ4n) is 2.92. The van der Waals surface area contributed by atoms with Gasteiger partial charge in [-0.2, -0.15) is 0 Å². The lowest BCUT2D eigenvalue weighted by Gasteiger charge is -2.62. The zero-order valence-electron chi connectivity index (χ0n) is 8.48. The summed E-state index contributed by atoms with van der Waals surface area (Å²) in [5.74, 6) is 2.06. The number of aromatic nitrogens is 2. The monoisotopic (exact) mass is 199 g/mol. The first-order chi connectivity index (χ1) is 7.35. The predicted octanol–water partition coefficient (Wildman–Crippen LogP) is 2.30. The van der Waals surface area contributed by atoms with E-state index >= 15 is 0 Å². The van der Waals surface area contributed by atoms with Gasteiger partial charge >= 0.3 is 0 Å². The smallest absolute Gasteiger partial charge is 0.152 e. The highest BCUT2D eigenvalue weighted by Crippen LogP contribution is 2.58. The van der Waals surface area contributed by atoms with Gasteiger partial charge in [0.15, 0.2) is 5.82 Å². The molecule has 0 aromatic carbocycles. The number of imidazole rings is 1. The van der Waals surface area contributed by atoms with Crippen LogP contribution in [0.15, 0.2) is 30.7 Å². The molecule has 3 heteroatoms. The first-order valence-electron chi connectivity index (χ1n) is 5.55. The SMILES string of the molecule is c1ccn2cnc(NC34CC(C3)C4)c2c1. The highest BCUT2D eigenvalue weighted by Gasteiger charge is 2.56. The van der Waals surface area contributed by atoms with Crippen LogP contribution >= 0.6 is 0 Å². The van der Waals surface area contributed by atoms with Crippen LogP contribution in [0.4, 0.5) is 5.82 Å². The molecule has 0 saturated heterocycles. The molecule has 76 valence electrons. The number of hydrogen-bond acceptors (Lipinski definition) is 2. The van der Waals surface area contributed by atoms with Crippen LogP contribution in [0.25, 0.3) is 5.52 Å². The van der Waals surface area contributed by atoms with Crippen LogP contribution in [-0.2, 0) is 0 Å². The molecule has 3 aliphatic rings. The van der Waals surface area contributed by atoms with Crippen LogP contribution < -0.4 is 5.32 Å². The van der Waals surface area contributed by atoms with E-state index in [1.54, 1.807) is 0 Å². The Morgan fingerprint density at radius 2 is 2.20 bits per heavy atom. The van der Waals surface area contributed by atoms with Crippen LogP contribution in [0.5, 0.6) is 0 Å². The predicted molar refractivity (Wildman–Crippen MR) is 58.9 cm³/mol. The second-order valence-electron chi connectivity index (χ2n) is 4.97. The maximum Gasteiger partial charge on any atom is 0.152 e. The van der Waals surface area contributed by atoms with Crippen molar-refractivity contribution in [2.75, 3.05) is 5.32 Å². The zero-order valence-corrected chi connectivity index (χ0v) is 8.48. The van der Waals surface area contributed by atoms with Crippen LogP contribution in [0, 0.1) is 5.92 Å². The van der Waals surface area contributed by atoms with E-state index in [-0.39, 0.29) is 0 Å². The molecule has 0 amide bonds. The van der Waals surface area contributed by atoms with Crippen molar-refractivity contribution < 1.29 is 0 Å². The van der Waals surface area contributed by atoms with Gasteiger partial charge in [0.1, 0.15) is 6.33 Å². The van der Waals surface area contributed by atoms with Gasteiger partial charge in [-0.05, 0) is 37.3 Å². The summed E-state index contributed by atoms with van der Waals surface area (Å²) in [4.78, 5) is 4.44. The second kappa shape index (κ2) is 2.35. The van der Waals surface area contributed by atoms with E-state index in [0.717, 1.165) is 11.7 Å².